The molecule has 2 rings (SSSR count). The van der Waals surface area contributed by atoms with Crippen molar-refractivity contribution in [3.63, 3.8) is 0 Å². The summed E-state index contributed by atoms with van der Waals surface area (Å²) in [4.78, 5) is 0. The van der Waals surface area contributed by atoms with Gasteiger partial charge < -0.3 is 0 Å². The summed E-state index contributed by atoms with van der Waals surface area (Å²) >= 11 is 0.757. The van der Waals surface area contributed by atoms with Crippen LogP contribution in [0.1, 0.15) is 0 Å². The van der Waals surface area contributed by atoms with E-state index in [9.17, 15) is 0 Å². The van der Waals surface area contributed by atoms with Gasteiger partial charge in [-0.05, 0) is 0 Å². The quantitative estimate of drug-likeness (QED) is 0.546. The Morgan fingerprint density at radius 2 is 0.929 bits per heavy atom. The van der Waals surface area contributed by atoms with Gasteiger partial charge in [0.25, 0.3) is 0 Å². The van der Waals surface area contributed by atoms with Crippen molar-refractivity contribution in [1.82, 2.24) is 0 Å². The fraction of sp³-hybridized carbons (Fsp3) is 0. The van der Waals surface area contributed by atoms with Crippen LogP contribution in [0.3, 0.4) is 0 Å². The van der Waals surface area contributed by atoms with Gasteiger partial charge in [-0.25, -0.2) is 0 Å². The maximum absolute atomic E-state index is 2.17. The molecule has 0 unspecified atom stereocenters. The summed E-state index contributed by atoms with van der Waals surface area (Å²) in [5.41, 5.74) is 0. The van der Waals surface area contributed by atoms with Gasteiger partial charge in [0.05, 0.1) is 0 Å². The van der Waals surface area contributed by atoms with E-state index in [0.717, 1.165) is 19.8 Å². The van der Waals surface area contributed by atoms with Crippen LogP contribution in [0.4, 0.5) is 0 Å². The standard InChI is InChI=1S/2C6H5.Ag.HI/c2*1-2-4-6-5-3-1;;/h2*1-5H;;1H. The molecule has 0 fully saturated rings. The molecule has 0 radical (unpaired) electrons. The van der Waals surface area contributed by atoms with Crippen LogP contribution in [-0.2, 0) is 19.8 Å². The predicted octanol–water partition coefficient (Wildman–Crippen LogP) is 2.34. The zero-order chi connectivity index (χ0) is 8.93. The summed E-state index contributed by atoms with van der Waals surface area (Å²) in [7, 11) is 0. The molecule has 0 nitrogen and oxygen atoms in total. The molecule has 14 heavy (non-hydrogen) atoms. The van der Waals surface area contributed by atoms with Crippen molar-refractivity contribution in [2.45, 2.75) is 0 Å². The van der Waals surface area contributed by atoms with Crippen molar-refractivity contribution in [3.05, 3.63) is 60.7 Å². The summed E-state index contributed by atoms with van der Waals surface area (Å²) in [6, 6.07) is 21.2. The first-order chi connectivity index (χ1) is 6.45. The summed E-state index contributed by atoms with van der Waals surface area (Å²) in [5, 5.41) is 0. The van der Waals surface area contributed by atoms with Crippen molar-refractivity contribution in [2.75, 3.05) is 0 Å². The normalized spacial score (nSPS) is 9.43. The van der Waals surface area contributed by atoms with Crippen LogP contribution in [-0.4, -0.2) is 0 Å². The van der Waals surface area contributed by atoms with Crippen molar-refractivity contribution in [1.29, 1.82) is 0 Å². The first-order valence-corrected chi connectivity index (χ1v) is 5.61. The maximum atomic E-state index is 2.17. The first-order valence-electron chi connectivity index (χ1n) is 4.12. The molecule has 2 aromatic rings. The van der Waals surface area contributed by atoms with E-state index in [1.54, 1.807) is 0 Å². The first kappa shape index (κ1) is 12.0. The molecule has 0 saturated heterocycles. The van der Waals surface area contributed by atoms with Gasteiger partial charge in [-0.3, -0.25) is 0 Å². The molecule has 0 aromatic heterocycles. The van der Waals surface area contributed by atoms with E-state index in [4.69, 9.17) is 0 Å². The second kappa shape index (κ2) is 6.40. The third kappa shape index (κ3) is 3.58. The Kier molecular flexibility index (Phi) is 5.48. The second-order valence-electron chi connectivity index (χ2n) is 2.58. The minimum absolute atomic E-state index is 0. The molecule has 0 atom stereocenters. The van der Waals surface area contributed by atoms with Crippen molar-refractivity contribution in [3.8, 4) is 0 Å². The summed E-state index contributed by atoms with van der Waals surface area (Å²) in [6.07, 6.45) is 0. The SMILES string of the molecule is I.c1cc[c]([Ag][c]2ccccc2)cc1. The van der Waals surface area contributed by atoms with Crippen LogP contribution >= 0.6 is 24.0 Å². The number of halogens is 1. The fourth-order valence-corrected chi connectivity index (χ4v) is 2.56. The van der Waals surface area contributed by atoms with Gasteiger partial charge in [0, 0.05) is 0 Å². The average Bonchev–Trinajstić information content (AvgIpc) is 2.21. The van der Waals surface area contributed by atoms with E-state index in [1.165, 1.54) is 7.56 Å². The van der Waals surface area contributed by atoms with Crippen molar-refractivity contribution < 1.29 is 19.8 Å². The van der Waals surface area contributed by atoms with Gasteiger partial charge in [-0.15, -0.1) is 24.0 Å². The van der Waals surface area contributed by atoms with E-state index in [1.807, 2.05) is 0 Å². The molecule has 0 amide bonds. The summed E-state index contributed by atoms with van der Waals surface area (Å²) < 4.78 is 2.80. The molecule has 0 spiro atoms. The molecule has 2 heteroatoms. The van der Waals surface area contributed by atoms with Crippen LogP contribution in [0.15, 0.2) is 60.7 Å². The van der Waals surface area contributed by atoms with E-state index in [-0.39, 0.29) is 24.0 Å². The molecule has 2 aromatic carbocycles. The van der Waals surface area contributed by atoms with Crippen molar-refractivity contribution >= 4 is 31.5 Å². The molecular weight excluding hydrogens is 379 g/mol. The zero-order valence-electron chi connectivity index (χ0n) is 7.48. The van der Waals surface area contributed by atoms with Crippen molar-refractivity contribution in [2.24, 2.45) is 0 Å². The van der Waals surface area contributed by atoms with Crippen LogP contribution in [0.2, 0.25) is 0 Å². The molecule has 0 bridgehead atoms. The van der Waals surface area contributed by atoms with Crippen LogP contribution < -0.4 is 7.56 Å². The van der Waals surface area contributed by atoms with Crippen LogP contribution in [0.25, 0.3) is 0 Å². The number of benzene rings is 2. The Labute approximate surface area is 111 Å². The molecule has 77 valence electrons. The van der Waals surface area contributed by atoms with Crippen LogP contribution in [0.5, 0.6) is 0 Å². The van der Waals surface area contributed by atoms with Gasteiger partial charge in [-0.1, -0.05) is 0 Å². The predicted molar refractivity (Wildman–Crippen MR) is 67.6 cm³/mol. The van der Waals surface area contributed by atoms with E-state index >= 15 is 0 Å². The van der Waals surface area contributed by atoms with E-state index < -0.39 is 0 Å². The van der Waals surface area contributed by atoms with Crippen LogP contribution in [0, 0.1) is 0 Å². The van der Waals surface area contributed by atoms with Gasteiger partial charge in [-0.2, -0.15) is 0 Å². The van der Waals surface area contributed by atoms with Gasteiger partial charge in [0.2, 0.25) is 0 Å². The van der Waals surface area contributed by atoms with Gasteiger partial charge in [0.1, 0.15) is 0 Å². The fourth-order valence-electron chi connectivity index (χ4n) is 1.00. The molecule has 0 N–H and O–H groups in total. The number of rotatable bonds is 2. The molecule has 0 aliphatic rings. The Bertz CT molecular complexity index is 321. The van der Waals surface area contributed by atoms with Gasteiger partial charge in [0.15, 0.2) is 0 Å². The summed E-state index contributed by atoms with van der Waals surface area (Å²) in [5.74, 6) is 0. The molecule has 0 aliphatic heterocycles. The molecular formula is C12H11AgI. The molecule has 0 aliphatic carbocycles. The Balaban J connectivity index is 0.000000980. The number of hydrogen-bond donors (Lipinski definition) is 0. The number of hydrogen-bond acceptors (Lipinski definition) is 0. The van der Waals surface area contributed by atoms with E-state index in [0.29, 0.717) is 0 Å². The zero-order valence-corrected chi connectivity index (χ0v) is 11.3. The monoisotopic (exact) mass is 389 g/mol. The second-order valence-corrected chi connectivity index (χ2v) is 4.66. The Morgan fingerprint density at radius 3 is 1.29 bits per heavy atom. The average molecular weight is 390 g/mol. The minimum atomic E-state index is 0. The third-order valence-electron chi connectivity index (χ3n) is 1.59. The molecule has 0 heterocycles. The topological polar surface area (TPSA) is 0 Å². The van der Waals surface area contributed by atoms with E-state index in [2.05, 4.69) is 60.7 Å². The summed E-state index contributed by atoms with van der Waals surface area (Å²) in [6.45, 7) is 0. The van der Waals surface area contributed by atoms with Gasteiger partial charge >= 0.3 is 88.0 Å². The Hall–Kier alpha value is -0.0897. The Morgan fingerprint density at radius 1 is 0.571 bits per heavy atom. The molecule has 0 saturated carbocycles. The third-order valence-corrected chi connectivity index (χ3v) is 3.43.